The smallest absolute Gasteiger partial charge is 0.0701 e. The lowest BCUT2D eigenvalue weighted by Gasteiger charge is -2.16. The van der Waals surface area contributed by atoms with E-state index in [0.29, 0.717) is 165 Å². The molecule has 0 bridgehead atoms. The molecule has 15 nitrogen and oxygen atoms in total. The highest BCUT2D eigenvalue weighted by Gasteiger charge is 2.28. The zero-order valence-electron chi connectivity index (χ0n) is 44.8. The lowest BCUT2D eigenvalue weighted by atomic mass is 9.99. The lowest BCUT2D eigenvalue weighted by molar-refractivity contribution is 0.0286. The van der Waals surface area contributed by atoms with Gasteiger partial charge in [-0.3, -0.25) is 0 Å². The first-order valence-corrected chi connectivity index (χ1v) is 30.8. The maximum absolute atomic E-state index is 6.09. The fourth-order valence-electron chi connectivity index (χ4n) is 8.32. The molecule has 0 saturated carbocycles. The summed E-state index contributed by atoms with van der Waals surface area (Å²) < 4.78 is 84.5. The van der Waals surface area contributed by atoms with Gasteiger partial charge in [-0.15, -0.1) is 58.8 Å². The highest BCUT2D eigenvalue weighted by Crippen LogP contribution is 2.56. The molecule has 0 heterocycles. The maximum Gasteiger partial charge on any atom is 0.0701 e. The van der Waals surface area contributed by atoms with Gasteiger partial charge in [0, 0.05) is 88.8 Å². The molecule has 0 aliphatic carbocycles. The van der Waals surface area contributed by atoms with Crippen LogP contribution in [0.4, 0.5) is 0 Å². The number of hydrogen-bond acceptors (Lipinski definition) is 20. The fourth-order valence-corrected chi connectivity index (χ4v) is 13.0. The van der Waals surface area contributed by atoms with Crippen LogP contribution in [0.25, 0.3) is 53.9 Å². The van der Waals surface area contributed by atoms with Crippen LogP contribution in [0.15, 0.2) is 54.8 Å². The Morgan fingerprint density at radius 1 is 0.213 bits per heavy atom. The van der Waals surface area contributed by atoms with Gasteiger partial charge in [-0.25, -0.2) is 0 Å². The Hall–Kier alpha value is -1.45. The van der Waals surface area contributed by atoms with Gasteiger partial charge in [-0.05, 0) is 84.2 Å². The first kappa shape index (κ1) is 62.7. The Kier molecular flexibility index (Phi) is 32.0. The topological polar surface area (TPSA) is 138 Å². The van der Waals surface area contributed by atoms with Gasteiger partial charge in [0.1, 0.15) is 0 Å². The van der Waals surface area contributed by atoms with Crippen LogP contribution in [-0.2, 0) is 71.1 Å². The van der Waals surface area contributed by atoms with E-state index in [0.717, 1.165) is 28.8 Å². The second-order valence-corrected chi connectivity index (χ2v) is 22.5. The largest absolute Gasteiger partial charge is 0.382 e. The van der Waals surface area contributed by atoms with Crippen molar-refractivity contribution in [3.05, 3.63) is 30.3 Å². The van der Waals surface area contributed by atoms with Crippen molar-refractivity contribution >= 4 is 113 Å². The Morgan fingerprint density at radius 3 is 0.520 bits per heavy atom. The standard InChI is InChI=1S/C55H80O15S5/c1-56-6-11-61-16-21-66-26-31-71-46-36-42-48(73-33-28-68-23-18-63-13-8-58-3)38-44-50(75-35-30-70-25-20-65-15-10-60-5)40-45-49(74-34-29-69-24-19-64-14-9-59-4)39-43-47(72-32-27-67-22-17-62-12-7-57-2)37-41(46)51-52(42)54(44)55(45)53(43)51/h36-40H,6-35H2,1-5H3. The Balaban J connectivity index is 1.38. The third-order valence-electron chi connectivity index (χ3n) is 11.7. The third-order valence-corrected chi connectivity index (χ3v) is 16.8. The first-order valence-electron chi connectivity index (χ1n) is 25.9. The SMILES string of the molecule is COCCOCCOCCSc1cc2c(SCCOCCOCCOC)cc3c(SCCOCCOCCOC)cc4c(SCCOCCOCCOC)cc5c(SCCOCCOCCOC)cc1c1c5c4c3c21. The first-order chi connectivity index (χ1) is 37.2. The minimum absolute atomic E-state index is 0.536. The zero-order chi connectivity index (χ0) is 52.6. The second kappa shape index (κ2) is 38.2. The summed E-state index contributed by atoms with van der Waals surface area (Å²) in [5.41, 5.74) is 0. The van der Waals surface area contributed by atoms with Gasteiger partial charge >= 0.3 is 0 Å². The molecule has 0 aromatic heterocycles. The van der Waals surface area contributed by atoms with Crippen molar-refractivity contribution < 1.29 is 71.1 Å². The molecule has 6 rings (SSSR count). The fraction of sp³-hybridized carbons (Fsp3) is 0.636. The Morgan fingerprint density at radius 2 is 0.360 bits per heavy atom. The van der Waals surface area contributed by atoms with E-state index in [1.807, 2.05) is 58.8 Å². The molecule has 6 aromatic rings. The molecule has 0 N–H and O–H groups in total. The highest BCUT2D eigenvalue weighted by atomic mass is 32.2. The van der Waals surface area contributed by atoms with Crippen molar-refractivity contribution in [2.75, 3.05) is 229 Å². The number of rotatable bonds is 50. The van der Waals surface area contributed by atoms with E-state index in [-0.39, 0.29) is 0 Å². The summed E-state index contributed by atoms with van der Waals surface area (Å²) in [5, 5.41) is 13.0. The molecule has 75 heavy (non-hydrogen) atoms. The van der Waals surface area contributed by atoms with E-state index in [1.165, 1.54) is 78.3 Å². The molecule has 6 aromatic carbocycles. The average Bonchev–Trinajstić information content (AvgIpc) is 3.85. The van der Waals surface area contributed by atoms with Crippen molar-refractivity contribution in [3.63, 3.8) is 0 Å². The van der Waals surface area contributed by atoms with Crippen molar-refractivity contribution in [3.8, 4) is 0 Å². The van der Waals surface area contributed by atoms with Crippen LogP contribution >= 0.6 is 58.8 Å². The summed E-state index contributed by atoms with van der Waals surface area (Å²) in [6, 6.07) is 12.2. The van der Waals surface area contributed by atoms with Crippen molar-refractivity contribution in [2.45, 2.75) is 24.5 Å². The quantitative estimate of drug-likeness (QED) is 0.0203. The molecule has 0 unspecified atom stereocenters. The maximum atomic E-state index is 6.09. The van der Waals surface area contributed by atoms with Gasteiger partial charge in [-0.1, -0.05) is 0 Å². The molecule has 0 fully saturated rings. The summed E-state index contributed by atoms with van der Waals surface area (Å²) in [6.07, 6.45) is 0. The van der Waals surface area contributed by atoms with Crippen molar-refractivity contribution in [2.24, 2.45) is 0 Å². The molecule has 20 heteroatoms. The minimum atomic E-state index is 0.536. The van der Waals surface area contributed by atoms with E-state index in [1.54, 1.807) is 35.5 Å². The van der Waals surface area contributed by atoms with Crippen molar-refractivity contribution in [1.29, 1.82) is 0 Å². The molecule has 0 spiro atoms. The van der Waals surface area contributed by atoms with Crippen LogP contribution in [0.1, 0.15) is 0 Å². The highest BCUT2D eigenvalue weighted by molar-refractivity contribution is 8.00. The van der Waals surface area contributed by atoms with Crippen LogP contribution in [0.5, 0.6) is 0 Å². The molecule has 0 saturated heterocycles. The number of thioether (sulfide) groups is 5. The van der Waals surface area contributed by atoms with Crippen molar-refractivity contribution in [1.82, 2.24) is 0 Å². The Bertz CT molecular complexity index is 1990. The molecule has 420 valence electrons. The summed E-state index contributed by atoms with van der Waals surface area (Å²) in [4.78, 5) is 6.24. The molecular formula is C55H80O15S5. The summed E-state index contributed by atoms with van der Waals surface area (Å²) in [6.45, 7) is 14.0. The number of ether oxygens (including phenoxy) is 15. The lowest BCUT2D eigenvalue weighted by Crippen LogP contribution is -2.09. The third kappa shape index (κ3) is 20.2. The van der Waals surface area contributed by atoms with Crippen LogP contribution in [-0.4, -0.2) is 229 Å². The average molecular weight is 1140 g/mol. The molecule has 0 atom stereocenters. The number of methoxy groups -OCH3 is 5. The second-order valence-electron chi connectivity index (χ2n) is 16.8. The van der Waals surface area contributed by atoms with Gasteiger partial charge < -0.3 is 71.1 Å². The number of benzene rings is 5. The Labute approximate surface area is 465 Å². The van der Waals surface area contributed by atoms with E-state index in [2.05, 4.69) is 30.3 Å². The van der Waals surface area contributed by atoms with E-state index < -0.39 is 0 Å². The summed E-state index contributed by atoms with van der Waals surface area (Å²) >= 11 is 9.31. The minimum Gasteiger partial charge on any atom is -0.382 e. The molecule has 0 aliphatic rings. The van der Waals surface area contributed by atoms with E-state index >= 15 is 0 Å². The van der Waals surface area contributed by atoms with Gasteiger partial charge in [0.15, 0.2) is 0 Å². The van der Waals surface area contributed by atoms with Crippen LogP contribution in [0, 0.1) is 0 Å². The molecular weight excluding hydrogens is 1060 g/mol. The van der Waals surface area contributed by atoms with Crippen LogP contribution < -0.4 is 0 Å². The monoisotopic (exact) mass is 1140 g/mol. The van der Waals surface area contributed by atoms with Gasteiger partial charge in [0.05, 0.1) is 165 Å². The normalized spacial score (nSPS) is 12.3. The molecule has 0 aliphatic heterocycles. The molecule has 0 radical (unpaired) electrons. The zero-order valence-corrected chi connectivity index (χ0v) is 48.8. The van der Waals surface area contributed by atoms with Gasteiger partial charge in [0.2, 0.25) is 0 Å². The van der Waals surface area contributed by atoms with Gasteiger partial charge in [0.25, 0.3) is 0 Å². The predicted octanol–water partition coefficient (Wildman–Crippen LogP) is 9.62. The van der Waals surface area contributed by atoms with E-state index in [4.69, 9.17) is 71.1 Å². The van der Waals surface area contributed by atoms with Crippen LogP contribution in [0.2, 0.25) is 0 Å². The van der Waals surface area contributed by atoms with Crippen LogP contribution in [0.3, 0.4) is 0 Å². The summed E-state index contributed by atoms with van der Waals surface area (Å²) in [5.74, 6) is 3.99. The number of hydrogen-bond donors (Lipinski definition) is 0. The van der Waals surface area contributed by atoms with Gasteiger partial charge in [-0.2, -0.15) is 0 Å². The van der Waals surface area contributed by atoms with E-state index in [9.17, 15) is 0 Å². The summed E-state index contributed by atoms with van der Waals surface area (Å²) in [7, 11) is 8.41. The molecule has 0 amide bonds. The predicted molar refractivity (Wildman–Crippen MR) is 309 cm³/mol.